The molecule has 0 spiro atoms. The maximum atomic E-state index is 12.0. The summed E-state index contributed by atoms with van der Waals surface area (Å²) in [6, 6.07) is 14.0. The standard InChI is InChI=1S/C18H24N4O/c1-14-7-9-15(10-8-14)17(22(2)3)13-21-18(23)20-12-16-6-4-5-11-19-16/h4-11,17H,12-13H2,1-3H3,(H2,20,21,23)/t17-/m1/s1. The Morgan fingerprint density at radius 3 is 2.48 bits per heavy atom. The highest BCUT2D eigenvalue weighted by Gasteiger charge is 2.15. The molecule has 0 saturated carbocycles. The van der Waals surface area contributed by atoms with E-state index in [-0.39, 0.29) is 12.1 Å². The van der Waals surface area contributed by atoms with Crippen LogP contribution in [-0.4, -0.2) is 36.6 Å². The highest BCUT2D eigenvalue weighted by molar-refractivity contribution is 5.73. The molecule has 23 heavy (non-hydrogen) atoms. The number of rotatable bonds is 6. The van der Waals surface area contributed by atoms with E-state index in [1.165, 1.54) is 11.1 Å². The van der Waals surface area contributed by atoms with Gasteiger partial charge in [0.05, 0.1) is 18.3 Å². The largest absolute Gasteiger partial charge is 0.336 e. The van der Waals surface area contributed by atoms with Crippen molar-refractivity contribution in [3.8, 4) is 0 Å². The summed E-state index contributed by atoms with van der Waals surface area (Å²) in [6.45, 7) is 3.03. The predicted molar refractivity (Wildman–Crippen MR) is 92.1 cm³/mol. The first kappa shape index (κ1) is 17.0. The number of urea groups is 1. The van der Waals surface area contributed by atoms with Gasteiger partial charge >= 0.3 is 6.03 Å². The van der Waals surface area contributed by atoms with Crippen molar-refractivity contribution in [1.29, 1.82) is 0 Å². The van der Waals surface area contributed by atoms with Gasteiger partial charge in [0, 0.05) is 12.7 Å². The summed E-state index contributed by atoms with van der Waals surface area (Å²) in [7, 11) is 4.02. The number of pyridine rings is 1. The molecule has 5 heteroatoms. The average molecular weight is 312 g/mol. The number of benzene rings is 1. The van der Waals surface area contributed by atoms with E-state index in [0.29, 0.717) is 13.1 Å². The van der Waals surface area contributed by atoms with Crippen LogP contribution in [0.15, 0.2) is 48.7 Å². The van der Waals surface area contributed by atoms with Crippen molar-refractivity contribution in [2.75, 3.05) is 20.6 Å². The molecular weight excluding hydrogens is 288 g/mol. The zero-order chi connectivity index (χ0) is 16.7. The number of nitrogens with one attached hydrogen (secondary N) is 2. The quantitative estimate of drug-likeness (QED) is 0.861. The van der Waals surface area contributed by atoms with E-state index in [1.54, 1.807) is 6.20 Å². The van der Waals surface area contributed by atoms with Crippen LogP contribution in [0.5, 0.6) is 0 Å². The van der Waals surface area contributed by atoms with Gasteiger partial charge in [-0.1, -0.05) is 35.9 Å². The molecule has 5 nitrogen and oxygen atoms in total. The third-order valence-corrected chi connectivity index (χ3v) is 3.70. The molecule has 0 radical (unpaired) electrons. The average Bonchev–Trinajstić information content (AvgIpc) is 2.55. The summed E-state index contributed by atoms with van der Waals surface area (Å²) >= 11 is 0. The molecule has 1 atom stereocenters. The molecule has 0 bridgehead atoms. The monoisotopic (exact) mass is 312 g/mol. The van der Waals surface area contributed by atoms with E-state index in [9.17, 15) is 4.79 Å². The van der Waals surface area contributed by atoms with E-state index in [1.807, 2.05) is 32.3 Å². The first-order chi connectivity index (χ1) is 11.1. The zero-order valence-electron chi connectivity index (χ0n) is 13.9. The molecule has 2 amide bonds. The number of aryl methyl sites for hydroxylation is 1. The van der Waals surface area contributed by atoms with Gasteiger partial charge in [-0.2, -0.15) is 0 Å². The summed E-state index contributed by atoms with van der Waals surface area (Å²) in [5.74, 6) is 0. The van der Waals surface area contributed by atoms with Crippen LogP contribution in [-0.2, 0) is 6.54 Å². The zero-order valence-corrected chi connectivity index (χ0v) is 13.9. The summed E-state index contributed by atoms with van der Waals surface area (Å²) in [4.78, 5) is 18.2. The Balaban J connectivity index is 1.86. The Morgan fingerprint density at radius 2 is 1.87 bits per heavy atom. The molecule has 0 unspecified atom stereocenters. The Kier molecular flexibility index (Phi) is 6.11. The van der Waals surface area contributed by atoms with Gasteiger partial charge in [-0.15, -0.1) is 0 Å². The van der Waals surface area contributed by atoms with E-state index in [4.69, 9.17) is 0 Å². The highest BCUT2D eigenvalue weighted by atomic mass is 16.2. The van der Waals surface area contributed by atoms with Gasteiger partial charge in [0.1, 0.15) is 0 Å². The molecule has 0 aliphatic rings. The van der Waals surface area contributed by atoms with Crippen LogP contribution in [0.2, 0.25) is 0 Å². The number of likely N-dealkylation sites (N-methyl/N-ethyl adjacent to an activating group) is 1. The van der Waals surface area contributed by atoms with Crippen molar-refractivity contribution in [1.82, 2.24) is 20.5 Å². The van der Waals surface area contributed by atoms with Crippen molar-refractivity contribution in [3.05, 3.63) is 65.5 Å². The summed E-state index contributed by atoms with van der Waals surface area (Å²) in [5, 5.41) is 5.75. The van der Waals surface area contributed by atoms with Crippen LogP contribution in [0.4, 0.5) is 4.79 Å². The predicted octanol–water partition coefficient (Wildman–Crippen LogP) is 2.49. The first-order valence-electron chi connectivity index (χ1n) is 7.71. The van der Waals surface area contributed by atoms with Crippen molar-refractivity contribution in [2.45, 2.75) is 19.5 Å². The second-order valence-electron chi connectivity index (χ2n) is 5.77. The molecule has 0 fully saturated rings. The van der Waals surface area contributed by atoms with Crippen LogP contribution in [0, 0.1) is 6.92 Å². The molecule has 0 aliphatic carbocycles. The van der Waals surface area contributed by atoms with Crippen LogP contribution in [0.25, 0.3) is 0 Å². The normalized spacial score (nSPS) is 12.0. The van der Waals surface area contributed by atoms with E-state index in [0.717, 1.165) is 5.69 Å². The third kappa shape index (κ3) is 5.38. The number of hydrogen-bond acceptors (Lipinski definition) is 3. The molecule has 122 valence electrons. The van der Waals surface area contributed by atoms with Gasteiger partial charge in [0.15, 0.2) is 0 Å². The summed E-state index contributed by atoms with van der Waals surface area (Å²) in [6.07, 6.45) is 1.72. The fraction of sp³-hybridized carbons (Fsp3) is 0.333. The molecule has 0 saturated heterocycles. The second kappa shape index (κ2) is 8.29. The SMILES string of the molecule is Cc1ccc([C@@H](CNC(=O)NCc2ccccn2)N(C)C)cc1. The third-order valence-electron chi connectivity index (χ3n) is 3.70. The molecule has 2 rings (SSSR count). The maximum absolute atomic E-state index is 12.0. The van der Waals surface area contributed by atoms with Gasteiger partial charge < -0.3 is 15.5 Å². The summed E-state index contributed by atoms with van der Waals surface area (Å²) in [5.41, 5.74) is 3.25. The minimum Gasteiger partial charge on any atom is -0.336 e. The molecule has 2 N–H and O–H groups in total. The highest BCUT2D eigenvalue weighted by Crippen LogP contribution is 2.17. The molecular formula is C18H24N4O. The van der Waals surface area contributed by atoms with E-state index >= 15 is 0 Å². The van der Waals surface area contributed by atoms with Crippen LogP contribution in [0.1, 0.15) is 22.9 Å². The summed E-state index contributed by atoms with van der Waals surface area (Å²) < 4.78 is 0. The van der Waals surface area contributed by atoms with E-state index < -0.39 is 0 Å². The van der Waals surface area contributed by atoms with E-state index in [2.05, 4.69) is 51.7 Å². The number of carbonyl (C=O) groups is 1. The minimum absolute atomic E-state index is 0.135. The van der Waals surface area contributed by atoms with Gasteiger partial charge in [-0.25, -0.2) is 4.79 Å². The van der Waals surface area contributed by atoms with Gasteiger partial charge in [-0.05, 0) is 38.7 Å². The first-order valence-corrected chi connectivity index (χ1v) is 7.71. The fourth-order valence-corrected chi connectivity index (χ4v) is 2.31. The Hall–Kier alpha value is -2.40. The molecule has 1 aromatic carbocycles. The lowest BCUT2D eigenvalue weighted by Crippen LogP contribution is -2.40. The van der Waals surface area contributed by atoms with Crippen molar-refractivity contribution < 1.29 is 4.79 Å². The van der Waals surface area contributed by atoms with Gasteiger partial charge in [-0.3, -0.25) is 4.98 Å². The molecule has 1 aromatic heterocycles. The molecule has 2 aromatic rings. The van der Waals surface area contributed by atoms with Crippen LogP contribution < -0.4 is 10.6 Å². The number of aromatic nitrogens is 1. The fourth-order valence-electron chi connectivity index (χ4n) is 2.31. The van der Waals surface area contributed by atoms with Crippen molar-refractivity contribution in [3.63, 3.8) is 0 Å². The van der Waals surface area contributed by atoms with Crippen molar-refractivity contribution in [2.24, 2.45) is 0 Å². The smallest absolute Gasteiger partial charge is 0.315 e. The number of nitrogens with zero attached hydrogens (tertiary/aromatic N) is 2. The number of hydrogen-bond donors (Lipinski definition) is 2. The van der Waals surface area contributed by atoms with Crippen molar-refractivity contribution >= 4 is 6.03 Å². The Labute approximate surface area is 137 Å². The topological polar surface area (TPSA) is 57.3 Å². The number of amides is 2. The Bertz CT molecular complexity index is 611. The maximum Gasteiger partial charge on any atom is 0.315 e. The van der Waals surface area contributed by atoms with Crippen LogP contribution in [0.3, 0.4) is 0 Å². The van der Waals surface area contributed by atoms with Gasteiger partial charge in [0.2, 0.25) is 0 Å². The lowest BCUT2D eigenvalue weighted by Gasteiger charge is -2.25. The lowest BCUT2D eigenvalue weighted by atomic mass is 10.0. The second-order valence-corrected chi connectivity index (χ2v) is 5.77. The van der Waals surface area contributed by atoms with Gasteiger partial charge in [0.25, 0.3) is 0 Å². The molecule has 0 aliphatic heterocycles. The minimum atomic E-state index is -0.186. The lowest BCUT2D eigenvalue weighted by molar-refractivity contribution is 0.232. The number of carbonyl (C=O) groups excluding carboxylic acids is 1. The Morgan fingerprint density at radius 1 is 1.13 bits per heavy atom. The molecule has 1 heterocycles. The van der Waals surface area contributed by atoms with Crippen LogP contribution >= 0.6 is 0 Å².